The lowest BCUT2D eigenvalue weighted by Gasteiger charge is -2.04. The smallest absolute Gasteiger partial charge is 0.358 e. The van der Waals surface area contributed by atoms with Gasteiger partial charge in [0.2, 0.25) is 0 Å². The molecule has 0 unspecified atom stereocenters. The molecule has 0 spiro atoms. The van der Waals surface area contributed by atoms with Crippen LogP contribution in [-0.2, 0) is 6.54 Å². The number of rotatable bonds is 6. The van der Waals surface area contributed by atoms with Crippen LogP contribution in [0.3, 0.4) is 0 Å². The number of carboxylic acid groups (broad SMARTS) is 1. The Labute approximate surface area is 94.8 Å². The molecule has 1 aromatic heterocycles. The van der Waals surface area contributed by atoms with Crippen molar-refractivity contribution in [2.45, 2.75) is 19.9 Å². The van der Waals surface area contributed by atoms with Gasteiger partial charge in [0.15, 0.2) is 5.69 Å². The van der Waals surface area contributed by atoms with Crippen molar-refractivity contribution in [3.63, 3.8) is 0 Å². The average Bonchev–Trinajstić information content (AvgIpc) is 2.62. The van der Waals surface area contributed by atoms with Gasteiger partial charge in [-0.15, -0.1) is 5.10 Å². The Bertz CT molecular complexity index is 370. The molecule has 0 fully saturated rings. The van der Waals surface area contributed by atoms with Gasteiger partial charge < -0.3 is 5.11 Å². The molecule has 1 aromatic rings. The summed E-state index contributed by atoms with van der Waals surface area (Å²) < 4.78 is 26.2. The number of nitrogens with zero attached hydrogens (tertiary/aromatic N) is 3. The van der Waals surface area contributed by atoms with Crippen LogP contribution in [0.5, 0.6) is 0 Å². The minimum atomic E-state index is -2.88. The van der Waals surface area contributed by atoms with Gasteiger partial charge in [-0.05, 0) is 5.75 Å². The number of carboxylic acids is 1. The molecule has 0 aliphatic rings. The summed E-state index contributed by atoms with van der Waals surface area (Å²) >= 11 is 1.56. The summed E-state index contributed by atoms with van der Waals surface area (Å²) in [5.41, 5.74) is -1.29. The Balaban J connectivity index is 2.87. The van der Waals surface area contributed by atoms with E-state index in [9.17, 15) is 13.6 Å². The van der Waals surface area contributed by atoms with E-state index in [1.165, 1.54) is 0 Å². The number of alkyl halides is 2. The highest BCUT2D eigenvalue weighted by Crippen LogP contribution is 2.21. The summed E-state index contributed by atoms with van der Waals surface area (Å²) in [5, 5.41) is 15.3. The Hall–Kier alpha value is -1.18. The van der Waals surface area contributed by atoms with Gasteiger partial charge in [0, 0.05) is 5.75 Å². The van der Waals surface area contributed by atoms with E-state index in [-0.39, 0.29) is 6.54 Å². The molecule has 1 rings (SSSR count). The SMILES string of the molecule is CCSCCn1nnc(C(=O)O)c1C(F)F. The lowest BCUT2D eigenvalue weighted by Crippen LogP contribution is -2.10. The molecule has 0 saturated heterocycles. The van der Waals surface area contributed by atoms with Gasteiger partial charge in [0.1, 0.15) is 5.69 Å². The predicted octanol–water partition coefficient (Wildman–Crippen LogP) is 1.67. The van der Waals surface area contributed by atoms with Crippen molar-refractivity contribution >= 4 is 17.7 Å². The Morgan fingerprint density at radius 3 is 2.81 bits per heavy atom. The van der Waals surface area contributed by atoms with Crippen LogP contribution in [0.15, 0.2) is 0 Å². The molecule has 8 heteroatoms. The van der Waals surface area contributed by atoms with Crippen molar-refractivity contribution in [3.8, 4) is 0 Å². The number of aromatic carboxylic acids is 1. The zero-order valence-corrected chi connectivity index (χ0v) is 9.38. The number of carbonyl (C=O) groups is 1. The van der Waals surface area contributed by atoms with E-state index < -0.39 is 23.8 Å². The van der Waals surface area contributed by atoms with Gasteiger partial charge in [0.25, 0.3) is 6.43 Å². The van der Waals surface area contributed by atoms with Gasteiger partial charge in [-0.3, -0.25) is 0 Å². The molecular formula is C8H11F2N3O2S. The van der Waals surface area contributed by atoms with Crippen LogP contribution in [0.2, 0.25) is 0 Å². The van der Waals surface area contributed by atoms with Gasteiger partial charge >= 0.3 is 5.97 Å². The van der Waals surface area contributed by atoms with E-state index in [0.29, 0.717) is 5.75 Å². The minimum Gasteiger partial charge on any atom is -0.476 e. The number of aromatic nitrogens is 3. The van der Waals surface area contributed by atoms with Crippen LogP contribution >= 0.6 is 11.8 Å². The summed E-state index contributed by atoms with van der Waals surface area (Å²) in [5.74, 6) is -0.0203. The number of hydrogen-bond donors (Lipinski definition) is 1. The standard InChI is InChI=1S/C8H11F2N3O2S/c1-2-16-4-3-13-6(7(9)10)5(8(14)15)11-12-13/h7H,2-4H2,1H3,(H,14,15). The zero-order chi connectivity index (χ0) is 12.1. The normalized spacial score (nSPS) is 11.0. The van der Waals surface area contributed by atoms with Crippen molar-refractivity contribution in [1.82, 2.24) is 15.0 Å². The van der Waals surface area contributed by atoms with Crippen molar-refractivity contribution in [3.05, 3.63) is 11.4 Å². The molecule has 1 N–H and O–H groups in total. The molecule has 5 nitrogen and oxygen atoms in total. The van der Waals surface area contributed by atoms with Crippen molar-refractivity contribution in [1.29, 1.82) is 0 Å². The van der Waals surface area contributed by atoms with Crippen LogP contribution in [-0.4, -0.2) is 37.6 Å². The highest BCUT2D eigenvalue weighted by atomic mass is 32.2. The maximum Gasteiger partial charge on any atom is 0.358 e. The quantitative estimate of drug-likeness (QED) is 0.779. The van der Waals surface area contributed by atoms with Crippen LogP contribution < -0.4 is 0 Å². The second-order valence-corrected chi connectivity index (χ2v) is 4.24. The average molecular weight is 251 g/mol. The van der Waals surface area contributed by atoms with E-state index in [0.717, 1.165) is 10.4 Å². The topological polar surface area (TPSA) is 68.0 Å². The number of halogens is 2. The zero-order valence-electron chi connectivity index (χ0n) is 8.56. The van der Waals surface area contributed by atoms with Gasteiger partial charge in [-0.25, -0.2) is 18.3 Å². The van der Waals surface area contributed by atoms with Crippen LogP contribution in [0.1, 0.15) is 29.5 Å². The van der Waals surface area contributed by atoms with Gasteiger partial charge in [0.05, 0.1) is 6.54 Å². The molecule has 90 valence electrons. The van der Waals surface area contributed by atoms with Crippen molar-refractivity contribution < 1.29 is 18.7 Å². The monoisotopic (exact) mass is 251 g/mol. The maximum atomic E-state index is 12.6. The summed E-state index contributed by atoms with van der Waals surface area (Å²) in [6, 6.07) is 0. The molecule has 1 heterocycles. The van der Waals surface area contributed by atoms with E-state index in [1.54, 1.807) is 11.8 Å². The number of thioether (sulfide) groups is 1. The molecule has 0 amide bonds. The fourth-order valence-corrected chi connectivity index (χ4v) is 1.74. The highest BCUT2D eigenvalue weighted by molar-refractivity contribution is 7.99. The molecule has 0 aliphatic carbocycles. The first-order chi connectivity index (χ1) is 7.57. The second kappa shape index (κ2) is 5.78. The molecule has 16 heavy (non-hydrogen) atoms. The van der Waals surface area contributed by atoms with Crippen LogP contribution in [0, 0.1) is 0 Å². The summed E-state index contributed by atoms with van der Waals surface area (Å²) in [6.45, 7) is 2.18. The first-order valence-electron chi connectivity index (χ1n) is 4.60. The first kappa shape index (κ1) is 12.9. The van der Waals surface area contributed by atoms with E-state index in [2.05, 4.69) is 10.3 Å². The summed E-state index contributed by atoms with van der Waals surface area (Å²) in [6.07, 6.45) is -2.88. The maximum absolute atomic E-state index is 12.6. The highest BCUT2D eigenvalue weighted by Gasteiger charge is 2.25. The van der Waals surface area contributed by atoms with E-state index >= 15 is 0 Å². The number of aryl methyl sites for hydroxylation is 1. The Morgan fingerprint density at radius 1 is 1.62 bits per heavy atom. The third-order valence-corrected chi connectivity index (χ3v) is 2.71. The Morgan fingerprint density at radius 2 is 2.31 bits per heavy atom. The minimum absolute atomic E-state index is 0.235. The van der Waals surface area contributed by atoms with Crippen molar-refractivity contribution in [2.24, 2.45) is 0 Å². The second-order valence-electron chi connectivity index (χ2n) is 2.85. The van der Waals surface area contributed by atoms with E-state index in [1.807, 2.05) is 6.92 Å². The molecule has 0 aliphatic heterocycles. The molecular weight excluding hydrogens is 240 g/mol. The fourth-order valence-electron chi connectivity index (χ4n) is 1.15. The first-order valence-corrected chi connectivity index (χ1v) is 5.76. The lowest BCUT2D eigenvalue weighted by molar-refractivity contribution is 0.0675. The largest absolute Gasteiger partial charge is 0.476 e. The Kier molecular flexibility index (Phi) is 4.66. The number of hydrogen-bond acceptors (Lipinski definition) is 4. The lowest BCUT2D eigenvalue weighted by atomic mass is 10.3. The molecule has 0 radical (unpaired) electrons. The fraction of sp³-hybridized carbons (Fsp3) is 0.625. The van der Waals surface area contributed by atoms with E-state index in [4.69, 9.17) is 5.11 Å². The van der Waals surface area contributed by atoms with Gasteiger partial charge in [-0.1, -0.05) is 12.1 Å². The van der Waals surface area contributed by atoms with Crippen LogP contribution in [0.25, 0.3) is 0 Å². The summed E-state index contributed by atoms with van der Waals surface area (Å²) in [4.78, 5) is 10.6. The van der Waals surface area contributed by atoms with Gasteiger partial charge in [-0.2, -0.15) is 11.8 Å². The molecule has 0 aromatic carbocycles. The summed E-state index contributed by atoms with van der Waals surface area (Å²) in [7, 11) is 0. The van der Waals surface area contributed by atoms with Crippen molar-refractivity contribution in [2.75, 3.05) is 11.5 Å². The van der Waals surface area contributed by atoms with Crippen LogP contribution in [0.4, 0.5) is 8.78 Å². The molecule has 0 atom stereocenters. The third-order valence-electron chi connectivity index (χ3n) is 1.83. The molecule has 0 bridgehead atoms. The third kappa shape index (κ3) is 2.91. The molecule has 0 saturated carbocycles. The predicted molar refractivity (Wildman–Crippen MR) is 54.9 cm³/mol.